The fourth-order valence-electron chi connectivity index (χ4n) is 25.3. The Hall–Kier alpha value is -11.0. The highest BCUT2D eigenvalue weighted by molar-refractivity contribution is 8.04. The average Bonchev–Trinajstić information content (AvgIpc) is 1.54. The van der Waals surface area contributed by atoms with E-state index in [1.807, 2.05) is 18.2 Å². The molecule has 0 radical (unpaired) electrons. The van der Waals surface area contributed by atoms with E-state index in [4.69, 9.17) is 9.47 Å². The number of fused-ring (bicyclic) bond motifs is 6. The number of allylic oxidation sites excluding steroid dienone is 32. The van der Waals surface area contributed by atoms with Gasteiger partial charge in [0.05, 0.1) is 23.3 Å². The molecule has 0 saturated heterocycles. The van der Waals surface area contributed by atoms with Crippen LogP contribution in [0.1, 0.15) is 200 Å². The number of hydrogen-bond acceptors (Lipinski definition) is 5. The SMILES string of the molecule is C=CC1=CCC(Oc2ccc(C3(c4ccc(F)cc4)C4=C(C=CCC4)C4=C3CC(N(C3=CC5=CC6C7=C(CCC(N(C8C=CC9=C(C8)C(C8=CCC(Oc%10ccc(C=C)cc%10)C=C8)(C8CC=C(F)CC8)c8ccccc89)C8CCC(C9=CCCC(C%10=CC=CCC%10)C9)CC8)=C7)SC6C=C5CC3)c3ccc(-c5cccc(C6CC=CCC6)c5)cc3)C=C4)cc2)C=C1. The Kier molecular flexibility index (Phi) is 21.8. The van der Waals surface area contributed by atoms with Gasteiger partial charge >= 0.3 is 0 Å². The third-order valence-corrected chi connectivity index (χ3v) is 32.8. The van der Waals surface area contributed by atoms with Gasteiger partial charge in [0.2, 0.25) is 0 Å². The molecule has 628 valence electrons. The minimum Gasteiger partial charge on any atom is -0.486 e. The van der Waals surface area contributed by atoms with E-state index in [9.17, 15) is 0 Å². The molecule has 6 aromatic rings. The van der Waals surface area contributed by atoms with Crippen LogP contribution in [-0.4, -0.2) is 40.5 Å². The van der Waals surface area contributed by atoms with Crippen molar-refractivity contribution < 1.29 is 18.3 Å². The number of nitrogens with zero attached hydrogens (tertiary/aromatic N) is 2. The molecule has 0 N–H and O–H groups in total. The monoisotopic (exact) mass is 1660 g/mol. The molecule has 125 heavy (non-hydrogen) atoms. The normalized spacial score (nSPS) is 29.3. The van der Waals surface area contributed by atoms with Crippen LogP contribution >= 0.6 is 11.8 Å². The Morgan fingerprint density at radius 2 is 1.26 bits per heavy atom. The topological polar surface area (TPSA) is 24.9 Å². The molecule has 6 aromatic carbocycles. The fraction of sp³-hybridized carbons (Fsp3) is 0.322. The first-order chi connectivity index (χ1) is 61.6. The highest BCUT2D eigenvalue weighted by Crippen LogP contribution is 2.64. The summed E-state index contributed by atoms with van der Waals surface area (Å²) in [5.74, 6) is 3.72. The highest BCUT2D eigenvalue weighted by atomic mass is 32.2. The van der Waals surface area contributed by atoms with Gasteiger partial charge < -0.3 is 19.3 Å². The van der Waals surface area contributed by atoms with E-state index in [1.165, 1.54) is 170 Å². The zero-order chi connectivity index (χ0) is 83.7. The molecule has 1 saturated carbocycles. The molecule has 22 rings (SSSR count). The Bertz CT molecular complexity index is 6000. The lowest BCUT2D eigenvalue weighted by Crippen LogP contribution is -2.47. The molecular formula is C118H114F2N2O2S. The van der Waals surface area contributed by atoms with Crippen molar-refractivity contribution in [2.75, 3.05) is 4.90 Å². The van der Waals surface area contributed by atoms with E-state index in [2.05, 4.69) is 302 Å². The summed E-state index contributed by atoms with van der Waals surface area (Å²) in [6, 6.07) is 53.4. The highest BCUT2D eigenvalue weighted by Gasteiger charge is 2.55. The van der Waals surface area contributed by atoms with E-state index in [1.54, 1.807) is 28.2 Å². The summed E-state index contributed by atoms with van der Waals surface area (Å²) in [5.41, 5.74) is 31.4. The van der Waals surface area contributed by atoms with Crippen molar-refractivity contribution in [1.82, 2.24) is 4.90 Å². The Labute approximate surface area is 744 Å². The number of halogens is 2. The number of hydrogen-bond donors (Lipinski definition) is 0. The van der Waals surface area contributed by atoms with Crippen LogP contribution in [-0.2, 0) is 10.8 Å². The molecular weight excluding hydrogens is 1550 g/mol. The van der Waals surface area contributed by atoms with Crippen molar-refractivity contribution in [1.29, 1.82) is 0 Å². The Morgan fingerprint density at radius 3 is 2.02 bits per heavy atom. The predicted octanol–water partition coefficient (Wildman–Crippen LogP) is 29.9. The first-order valence-corrected chi connectivity index (χ1v) is 48.2. The summed E-state index contributed by atoms with van der Waals surface area (Å²) in [6.45, 7) is 8.00. The largest absolute Gasteiger partial charge is 0.486 e. The average molecular weight is 1660 g/mol. The second-order valence-electron chi connectivity index (χ2n) is 38.0. The lowest BCUT2D eigenvalue weighted by molar-refractivity contribution is 0.143. The van der Waals surface area contributed by atoms with Crippen molar-refractivity contribution in [2.24, 2.45) is 23.7 Å². The van der Waals surface area contributed by atoms with E-state index in [0.717, 1.165) is 112 Å². The van der Waals surface area contributed by atoms with E-state index < -0.39 is 10.8 Å². The van der Waals surface area contributed by atoms with E-state index in [0.29, 0.717) is 41.9 Å². The molecule has 1 fully saturated rings. The summed E-state index contributed by atoms with van der Waals surface area (Å²) in [5, 5.41) is 0.334. The minimum absolute atomic E-state index is 0.0302. The summed E-state index contributed by atoms with van der Waals surface area (Å²) >= 11 is 2.15. The zero-order valence-electron chi connectivity index (χ0n) is 72.1. The van der Waals surface area contributed by atoms with Crippen molar-refractivity contribution >= 4 is 29.1 Å². The maximum atomic E-state index is 15.7. The van der Waals surface area contributed by atoms with Gasteiger partial charge in [-0.2, -0.15) is 0 Å². The van der Waals surface area contributed by atoms with Crippen LogP contribution in [0.5, 0.6) is 11.5 Å². The Morgan fingerprint density at radius 1 is 0.504 bits per heavy atom. The molecule has 4 nitrogen and oxygen atoms in total. The van der Waals surface area contributed by atoms with Gasteiger partial charge in [-0.05, 0) is 355 Å². The van der Waals surface area contributed by atoms with Crippen LogP contribution in [0, 0.1) is 29.5 Å². The molecule has 0 spiro atoms. The molecule has 16 aliphatic rings. The van der Waals surface area contributed by atoms with Crippen LogP contribution in [0.3, 0.4) is 0 Å². The molecule has 0 aromatic heterocycles. The fourth-order valence-corrected chi connectivity index (χ4v) is 26.8. The standard InChI is InChI=1S/C118H114F2N2O2S/c1-3-77-29-58-101(59-30-77)123-103-62-42-91(43-63-103)117(89-38-46-93(119)47-39-89)111-27-13-11-25-105(111)107-66-55-99(75-113(107)117)121(95-50-33-81(34-51-95)85-23-15-21-83(69-85)79-17-7-5-8-18-79)97-54-37-87-73-116-109(72-88(87)71-97)110-74-98(57-68-115(110)125-116)122(96-52-35-82(36-53-96)86-24-16-22-84(70-86)80-19-9-6-10-20-80)100-56-67-108-106-26-12-14-28-112(106)118(114(108)76-100,90-40-48-94(120)49-41-90)92-44-64-104(65-45-92)124-102-60-31-78(4-2)32-61-102/h3-7,9,11-12,14-15,19,21,23-26,28-34,38-39,42-48,50-51,55-56,58,60-64,66-67,69,71-74,79,82,84,90,96,99-101,104,109,116H,1-2,8,10,13,16-18,20,22,27,35-37,40-41,49,52-54,57,59,65,68,70,75-76H2. The third-order valence-electron chi connectivity index (χ3n) is 31.3. The molecule has 0 bridgehead atoms. The maximum absolute atomic E-state index is 15.7. The second-order valence-corrected chi connectivity index (χ2v) is 39.2. The van der Waals surface area contributed by atoms with Gasteiger partial charge in [-0.25, -0.2) is 8.78 Å². The number of rotatable bonds is 20. The van der Waals surface area contributed by atoms with E-state index >= 15 is 8.78 Å². The first kappa shape index (κ1) is 79.9. The summed E-state index contributed by atoms with van der Waals surface area (Å²) in [6.07, 6.45) is 84.7. The van der Waals surface area contributed by atoms with Gasteiger partial charge in [-0.15, -0.1) is 11.8 Å². The first-order valence-electron chi connectivity index (χ1n) is 47.3. The van der Waals surface area contributed by atoms with Crippen LogP contribution in [0.15, 0.2) is 394 Å². The van der Waals surface area contributed by atoms with Crippen LogP contribution in [0.2, 0.25) is 0 Å². The molecule has 11 atom stereocenters. The van der Waals surface area contributed by atoms with Gasteiger partial charge in [-0.1, -0.05) is 249 Å². The second kappa shape index (κ2) is 34.1. The van der Waals surface area contributed by atoms with Gasteiger partial charge in [0, 0.05) is 52.5 Å². The lowest BCUT2D eigenvalue weighted by Gasteiger charge is -2.49. The smallest absolute Gasteiger partial charge is 0.123 e. The molecule has 11 unspecified atom stereocenters. The molecule has 1 heterocycles. The number of benzene rings is 6. The van der Waals surface area contributed by atoms with E-state index in [-0.39, 0.29) is 47.8 Å². The number of ether oxygens (including phenoxy) is 2. The molecule has 1 aliphatic heterocycles. The zero-order valence-corrected chi connectivity index (χ0v) is 72.9. The number of thioether (sulfide) groups is 1. The Balaban J connectivity index is 0.616. The summed E-state index contributed by atoms with van der Waals surface area (Å²) < 4.78 is 44.8. The predicted molar refractivity (Wildman–Crippen MR) is 514 cm³/mol. The maximum Gasteiger partial charge on any atom is 0.123 e. The van der Waals surface area contributed by atoms with Crippen LogP contribution in [0.4, 0.5) is 14.5 Å². The van der Waals surface area contributed by atoms with Gasteiger partial charge in [0.15, 0.2) is 0 Å². The quantitative estimate of drug-likeness (QED) is 0.0710. The van der Waals surface area contributed by atoms with Gasteiger partial charge in [0.25, 0.3) is 0 Å². The van der Waals surface area contributed by atoms with Crippen molar-refractivity contribution in [3.63, 3.8) is 0 Å². The van der Waals surface area contributed by atoms with Gasteiger partial charge in [-0.3, -0.25) is 0 Å². The van der Waals surface area contributed by atoms with Crippen LogP contribution < -0.4 is 14.4 Å². The third kappa shape index (κ3) is 14.8. The van der Waals surface area contributed by atoms with Crippen molar-refractivity contribution in [3.8, 4) is 22.6 Å². The number of anilines is 1. The summed E-state index contributed by atoms with van der Waals surface area (Å²) in [7, 11) is 0. The minimum atomic E-state index is -0.655. The van der Waals surface area contributed by atoms with Crippen molar-refractivity contribution in [3.05, 3.63) is 433 Å². The van der Waals surface area contributed by atoms with Crippen molar-refractivity contribution in [2.45, 2.75) is 213 Å². The molecule has 15 aliphatic carbocycles. The van der Waals surface area contributed by atoms with Gasteiger partial charge in [0.1, 0.15) is 29.5 Å². The van der Waals surface area contributed by atoms with Crippen LogP contribution in [0.25, 0.3) is 22.8 Å². The molecule has 7 heteroatoms. The molecule has 0 amide bonds. The summed E-state index contributed by atoms with van der Waals surface area (Å²) in [4.78, 5) is 7.33. The lowest BCUT2D eigenvalue weighted by atomic mass is 9.58.